The number of ether oxygens (including phenoxy) is 1. The highest BCUT2D eigenvalue weighted by atomic mass is 32.2. The van der Waals surface area contributed by atoms with E-state index in [1.165, 1.54) is 5.56 Å². The smallest absolute Gasteiger partial charge is 0.229 e. The van der Waals surface area contributed by atoms with Gasteiger partial charge < -0.3 is 15.8 Å². The third kappa shape index (κ3) is 5.22. The molecule has 4 nitrogen and oxygen atoms in total. The van der Waals surface area contributed by atoms with Crippen LogP contribution < -0.4 is 11.1 Å². The summed E-state index contributed by atoms with van der Waals surface area (Å²) in [5.41, 5.74) is 8.12. The van der Waals surface area contributed by atoms with Crippen molar-refractivity contribution in [2.45, 2.75) is 62.0 Å². The molecule has 1 saturated carbocycles. The molecular formula is C20H30N2O2S. The van der Waals surface area contributed by atoms with E-state index in [1.807, 2.05) is 30.8 Å². The van der Waals surface area contributed by atoms with Crippen LogP contribution in [0.3, 0.4) is 0 Å². The van der Waals surface area contributed by atoms with Gasteiger partial charge in [0.2, 0.25) is 5.91 Å². The summed E-state index contributed by atoms with van der Waals surface area (Å²) in [6, 6.07) is 8.23. The van der Waals surface area contributed by atoms with Gasteiger partial charge in [-0.2, -0.15) is 11.8 Å². The predicted octanol–water partition coefficient (Wildman–Crippen LogP) is 3.94. The SMILES string of the molecule is CC1(N)CCCCC1C(=O)Nc1cccc(CSC2CCOCC2)c1. The highest BCUT2D eigenvalue weighted by Gasteiger charge is 2.37. The lowest BCUT2D eigenvalue weighted by atomic mass is 9.74. The first kappa shape index (κ1) is 18.7. The molecule has 1 heterocycles. The Bertz CT molecular complexity index is 585. The van der Waals surface area contributed by atoms with Gasteiger partial charge in [0.25, 0.3) is 0 Å². The average Bonchev–Trinajstić information content (AvgIpc) is 2.61. The van der Waals surface area contributed by atoms with Gasteiger partial charge >= 0.3 is 0 Å². The number of nitrogens with one attached hydrogen (secondary N) is 1. The molecule has 25 heavy (non-hydrogen) atoms. The molecule has 1 aromatic carbocycles. The van der Waals surface area contributed by atoms with E-state index in [1.54, 1.807) is 0 Å². The number of carbonyl (C=O) groups is 1. The van der Waals surface area contributed by atoms with Crippen LogP contribution in [0, 0.1) is 5.92 Å². The topological polar surface area (TPSA) is 64.4 Å². The monoisotopic (exact) mass is 362 g/mol. The molecule has 2 aliphatic rings. The van der Waals surface area contributed by atoms with Crippen LogP contribution >= 0.6 is 11.8 Å². The Hall–Kier alpha value is -1.04. The van der Waals surface area contributed by atoms with E-state index in [-0.39, 0.29) is 11.8 Å². The fourth-order valence-electron chi connectivity index (χ4n) is 3.81. The number of hydrogen-bond donors (Lipinski definition) is 2. The Labute approximate surface area is 155 Å². The zero-order chi connectivity index (χ0) is 17.7. The molecule has 2 unspecified atom stereocenters. The molecule has 2 fully saturated rings. The van der Waals surface area contributed by atoms with Crippen molar-refractivity contribution in [3.63, 3.8) is 0 Å². The van der Waals surface area contributed by atoms with Crippen molar-refractivity contribution in [1.29, 1.82) is 0 Å². The van der Waals surface area contributed by atoms with Gasteiger partial charge in [0, 0.05) is 35.4 Å². The van der Waals surface area contributed by atoms with Gasteiger partial charge in [0.15, 0.2) is 0 Å². The van der Waals surface area contributed by atoms with Crippen molar-refractivity contribution in [2.24, 2.45) is 11.7 Å². The minimum atomic E-state index is -0.390. The Morgan fingerprint density at radius 3 is 2.88 bits per heavy atom. The number of carbonyl (C=O) groups excluding carboxylic acids is 1. The molecule has 1 aliphatic heterocycles. The van der Waals surface area contributed by atoms with Gasteiger partial charge in [-0.3, -0.25) is 4.79 Å². The maximum absolute atomic E-state index is 12.7. The molecule has 3 N–H and O–H groups in total. The fraction of sp³-hybridized carbons (Fsp3) is 0.650. The van der Waals surface area contributed by atoms with E-state index >= 15 is 0 Å². The minimum Gasteiger partial charge on any atom is -0.381 e. The van der Waals surface area contributed by atoms with Crippen molar-refractivity contribution < 1.29 is 9.53 Å². The van der Waals surface area contributed by atoms with Crippen LogP contribution in [-0.4, -0.2) is 29.9 Å². The maximum atomic E-state index is 12.7. The van der Waals surface area contributed by atoms with E-state index in [0.717, 1.165) is 63.2 Å². The summed E-state index contributed by atoms with van der Waals surface area (Å²) in [5, 5.41) is 3.78. The molecule has 138 valence electrons. The summed E-state index contributed by atoms with van der Waals surface area (Å²) in [6.07, 6.45) is 6.29. The second-order valence-corrected chi connectivity index (χ2v) is 8.91. The van der Waals surface area contributed by atoms with Crippen LogP contribution in [0.2, 0.25) is 0 Å². The van der Waals surface area contributed by atoms with Gasteiger partial charge in [-0.25, -0.2) is 0 Å². The van der Waals surface area contributed by atoms with Gasteiger partial charge in [0.05, 0.1) is 5.92 Å². The summed E-state index contributed by atoms with van der Waals surface area (Å²) < 4.78 is 5.42. The van der Waals surface area contributed by atoms with Crippen LogP contribution in [0.5, 0.6) is 0 Å². The van der Waals surface area contributed by atoms with E-state index < -0.39 is 5.54 Å². The Morgan fingerprint density at radius 1 is 1.32 bits per heavy atom. The number of anilines is 1. The summed E-state index contributed by atoms with van der Waals surface area (Å²) in [5.74, 6) is 0.951. The summed E-state index contributed by atoms with van der Waals surface area (Å²) in [6.45, 7) is 3.78. The lowest BCUT2D eigenvalue weighted by molar-refractivity contribution is -0.122. The van der Waals surface area contributed by atoms with Crippen molar-refractivity contribution in [3.8, 4) is 0 Å². The van der Waals surface area contributed by atoms with E-state index in [9.17, 15) is 4.79 Å². The molecule has 0 radical (unpaired) electrons. The van der Waals surface area contributed by atoms with Crippen LogP contribution in [0.4, 0.5) is 5.69 Å². The van der Waals surface area contributed by atoms with Crippen LogP contribution in [0.15, 0.2) is 24.3 Å². The van der Waals surface area contributed by atoms with Crippen molar-refractivity contribution in [3.05, 3.63) is 29.8 Å². The molecule has 1 aliphatic carbocycles. The number of amides is 1. The van der Waals surface area contributed by atoms with E-state index in [4.69, 9.17) is 10.5 Å². The van der Waals surface area contributed by atoms with Crippen LogP contribution in [0.1, 0.15) is 51.0 Å². The second kappa shape index (κ2) is 8.56. The molecule has 0 aromatic heterocycles. The first-order valence-corrected chi connectivity index (χ1v) is 10.5. The number of thioether (sulfide) groups is 1. The molecule has 2 atom stereocenters. The molecular weight excluding hydrogens is 332 g/mol. The van der Waals surface area contributed by atoms with Gasteiger partial charge in [-0.1, -0.05) is 25.0 Å². The molecule has 0 bridgehead atoms. The number of hydrogen-bond acceptors (Lipinski definition) is 4. The molecule has 0 spiro atoms. The molecule has 1 aromatic rings. The lowest BCUT2D eigenvalue weighted by Gasteiger charge is -2.37. The van der Waals surface area contributed by atoms with Crippen LogP contribution in [-0.2, 0) is 15.3 Å². The Balaban J connectivity index is 1.56. The normalized spacial score (nSPS) is 27.8. The van der Waals surface area contributed by atoms with Crippen LogP contribution in [0.25, 0.3) is 0 Å². The minimum absolute atomic E-state index is 0.0685. The van der Waals surface area contributed by atoms with E-state index in [0.29, 0.717) is 5.25 Å². The zero-order valence-corrected chi connectivity index (χ0v) is 15.9. The number of benzene rings is 1. The molecule has 1 amide bonds. The van der Waals surface area contributed by atoms with Crippen molar-refractivity contribution >= 4 is 23.4 Å². The van der Waals surface area contributed by atoms with E-state index in [2.05, 4.69) is 17.4 Å². The maximum Gasteiger partial charge on any atom is 0.229 e. The standard InChI is InChI=1S/C20H30N2O2S/c1-20(21)10-3-2-7-18(20)19(23)22-16-6-4-5-15(13-16)14-25-17-8-11-24-12-9-17/h4-6,13,17-18H,2-3,7-12,14,21H2,1H3,(H,22,23). The van der Waals surface area contributed by atoms with Gasteiger partial charge in [-0.15, -0.1) is 0 Å². The Morgan fingerprint density at radius 2 is 2.12 bits per heavy atom. The molecule has 1 saturated heterocycles. The first-order chi connectivity index (χ1) is 12.0. The quantitative estimate of drug-likeness (QED) is 0.832. The molecule has 5 heteroatoms. The first-order valence-electron chi connectivity index (χ1n) is 9.43. The number of nitrogens with two attached hydrogens (primary N) is 1. The second-order valence-electron chi connectivity index (χ2n) is 7.62. The summed E-state index contributed by atoms with van der Waals surface area (Å²) in [7, 11) is 0. The fourth-order valence-corrected chi connectivity index (χ4v) is 4.95. The van der Waals surface area contributed by atoms with Crippen molar-refractivity contribution in [1.82, 2.24) is 0 Å². The highest BCUT2D eigenvalue weighted by molar-refractivity contribution is 7.99. The number of rotatable bonds is 5. The van der Waals surface area contributed by atoms with Gasteiger partial charge in [0.1, 0.15) is 0 Å². The summed E-state index contributed by atoms with van der Waals surface area (Å²) >= 11 is 1.99. The largest absolute Gasteiger partial charge is 0.381 e. The average molecular weight is 363 g/mol. The summed E-state index contributed by atoms with van der Waals surface area (Å²) in [4.78, 5) is 12.7. The zero-order valence-electron chi connectivity index (χ0n) is 15.1. The van der Waals surface area contributed by atoms with Gasteiger partial charge in [-0.05, 0) is 50.3 Å². The lowest BCUT2D eigenvalue weighted by Crippen LogP contribution is -2.51. The third-order valence-corrected chi connectivity index (χ3v) is 6.86. The van der Waals surface area contributed by atoms with Crippen molar-refractivity contribution in [2.75, 3.05) is 18.5 Å². The third-order valence-electron chi connectivity index (χ3n) is 5.42. The predicted molar refractivity (Wildman–Crippen MR) is 105 cm³/mol. The Kier molecular flexibility index (Phi) is 6.42. The molecule has 3 rings (SSSR count). The highest BCUT2D eigenvalue weighted by Crippen LogP contribution is 2.32.